The van der Waals surface area contributed by atoms with Crippen LogP contribution >= 0.6 is 0 Å². The predicted octanol–water partition coefficient (Wildman–Crippen LogP) is 2.07. The predicted molar refractivity (Wildman–Crippen MR) is 67.4 cm³/mol. The first-order valence-corrected chi connectivity index (χ1v) is 5.77. The second-order valence-corrected chi connectivity index (χ2v) is 4.20. The third kappa shape index (κ3) is 2.13. The summed E-state index contributed by atoms with van der Waals surface area (Å²) >= 11 is 0. The summed E-state index contributed by atoms with van der Waals surface area (Å²) in [5, 5.41) is 0. The van der Waals surface area contributed by atoms with Crippen LogP contribution in [-0.4, -0.2) is 19.5 Å². The second kappa shape index (κ2) is 4.53. The van der Waals surface area contributed by atoms with E-state index in [0.717, 1.165) is 23.8 Å². The van der Waals surface area contributed by atoms with E-state index in [-0.39, 0.29) is 5.95 Å². The maximum atomic E-state index is 5.60. The van der Waals surface area contributed by atoms with Gasteiger partial charge in [-0.1, -0.05) is 13.8 Å². The van der Waals surface area contributed by atoms with Crippen molar-refractivity contribution in [1.29, 1.82) is 0 Å². The summed E-state index contributed by atoms with van der Waals surface area (Å²) in [5.74, 6) is 1.75. The van der Waals surface area contributed by atoms with E-state index in [1.165, 1.54) is 0 Å². The fraction of sp³-hybridized carbons (Fsp3) is 0.417. The Morgan fingerprint density at radius 2 is 2.12 bits per heavy atom. The van der Waals surface area contributed by atoms with E-state index in [1.54, 1.807) is 6.20 Å². The molecule has 0 radical (unpaired) electrons. The Morgan fingerprint density at radius 1 is 1.35 bits per heavy atom. The molecule has 0 fully saturated rings. The molecule has 0 atom stereocenters. The summed E-state index contributed by atoms with van der Waals surface area (Å²) in [4.78, 5) is 12.6. The fourth-order valence-corrected chi connectivity index (χ4v) is 1.90. The van der Waals surface area contributed by atoms with E-state index >= 15 is 0 Å². The summed E-state index contributed by atoms with van der Waals surface area (Å²) in [5.41, 5.74) is 7.41. The zero-order chi connectivity index (χ0) is 12.4. The summed E-state index contributed by atoms with van der Waals surface area (Å²) in [6.07, 6.45) is 3.51. The number of nitrogen functional groups attached to an aromatic ring is 1. The lowest BCUT2D eigenvalue weighted by molar-refractivity contribution is 0.656. The molecule has 0 aromatic carbocycles. The van der Waals surface area contributed by atoms with Crippen molar-refractivity contribution in [3.8, 4) is 11.4 Å². The van der Waals surface area contributed by atoms with E-state index in [2.05, 4.69) is 40.3 Å². The van der Waals surface area contributed by atoms with Crippen molar-refractivity contribution in [2.75, 3.05) is 5.73 Å². The lowest BCUT2D eigenvalue weighted by Crippen LogP contribution is -2.06. The monoisotopic (exact) mass is 231 g/mol. The molecule has 5 nitrogen and oxygen atoms in total. The number of nitrogens with zero attached hydrogens (tertiary/aromatic N) is 4. The third-order valence-corrected chi connectivity index (χ3v) is 2.66. The molecule has 2 aromatic rings. The first kappa shape index (κ1) is 11.6. The quantitative estimate of drug-likeness (QED) is 0.877. The van der Waals surface area contributed by atoms with Gasteiger partial charge in [0.2, 0.25) is 5.95 Å². The van der Waals surface area contributed by atoms with E-state index in [1.807, 2.05) is 12.3 Å². The molecule has 2 rings (SSSR count). The van der Waals surface area contributed by atoms with Gasteiger partial charge in [-0.05, 0) is 13.0 Å². The lowest BCUT2D eigenvalue weighted by atomic mass is 10.2. The first-order valence-electron chi connectivity index (χ1n) is 5.77. The Bertz CT molecular complexity index is 515. The topological polar surface area (TPSA) is 69.6 Å². The highest BCUT2D eigenvalue weighted by Crippen LogP contribution is 2.22. The number of anilines is 1. The van der Waals surface area contributed by atoms with Crippen LogP contribution in [0.4, 0.5) is 5.95 Å². The van der Waals surface area contributed by atoms with E-state index < -0.39 is 0 Å². The van der Waals surface area contributed by atoms with Crippen molar-refractivity contribution < 1.29 is 0 Å². The van der Waals surface area contributed by atoms with E-state index in [4.69, 9.17) is 5.73 Å². The van der Waals surface area contributed by atoms with Gasteiger partial charge in [0, 0.05) is 18.7 Å². The van der Waals surface area contributed by atoms with Crippen molar-refractivity contribution in [1.82, 2.24) is 19.5 Å². The second-order valence-electron chi connectivity index (χ2n) is 4.20. The number of hydrogen-bond acceptors (Lipinski definition) is 4. The van der Waals surface area contributed by atoms with Crippen LogP contribution in [0.5, 0.6) is 0 Å². The van der Waals surface area contributed by atoms with Gasteiger partial charge in [-0.2, -0.15) is 0 Å². The zero-order valence-electron chi connectivity index (χ0n) is 10.4. The van der Waals surface area contributed by atoms with Gasteiger partial charge in [-0.25, -0.2) is 15.0 Å². The molecule has 0 bridgehead atoms. The van der Waals surface area contributed by atoms with Crippen LogP contribution in [0.1, 0.15) is 32.5 Å². The SMILES string of the molecule is CCn1c(-c2ccnc(N)n2)cnc1C(C)C. The van der Waals surface area contributed by atoms with Crippen LogP contribution in [0.15, 0.2) is 18.5 Å². The summed E-state index contributed by atoms with van der Waals surface area (Å²) in [6, 6.07) is 1.85. The Kier molecular flexibility index (Phi) is 3.08. The summed E-state index contributed by atoms with van der Waals surface area (Å²) in [6.45, 7) is 7.23. The summed E-state index contributed by atoms with van der Waals surface area (Å²) < 4.78 is 2.16. The van der Waals surface area contributed by atoms with E-state index in [0.29, 0.717) is 5.92 Å². The molecule has 5 heteroatoms. The molecular weight excluding hydrogens is 214 g/mol. The molecule has 17 heavy (non-hydrogen) atoms. The van der Waals surface area contributed by atoms with Crippen LogP contribution in [0, 0.1) is 0 Å². The lowest BCUT2D eigenvalue weighted by Gasteiger charge is -2.11. The van der Waals surface area contributed by atoms with Gasteiger partial charge in [0.05, 0.1) is 17.6 Å². The number of aromatic nitrogens is 4. The molecule has 0 aliphatic heterocycles. The van der Waals surface area contributed by atoms with Crippen molar-refractivity contribution in [3.05, 3.63) is 24.3 Å². The van der Waals surface area contributed by atoms with Crippen LogP contribution in [0.25, 0.3) is 11.4 Å². The largest absolute Gasteiger partial charge is 0.368 e. The van der Waals surface area contributed by atoms with Crippen LogP contribution in [-0.2, 0) is 6.54 Å². The van der Waals surface area contributed by atoms with Crippen molar-refractivity contribution in [2.45, 2.75) is 33.2 Å². The molecule has 0 aliphatic carbocycles. The van der Waals surface area contributed by atoms with Crippen molar-refractivity contribution in [2.24, 2.45) is 0 Å². The average Bonchev–Trinajstić information content (AvgIpc) is 2.72. The van der Waals surface area contributed by atoms with Crippen LogP contribution < -0.4 is 5.73 Å². The van der Waals surface area contributed by atoms with Crippen LogP contribution in [0.3, 0.4) is 0 Å². The van der Waals surface area contributed by atoms with Gasteiger partial charge in [-0.3, -0.25) is 0 Å². The molecule has 2 aromatic heterocycles. The van der Waals surface area contributed by atoms with E-state index in [9.17, 15) is 0 Å². The molecule has 0 saturated carbocycles. The Balaban J connectivity index is 2.52. The van der Waals surface area contributed by atoms with Gasteiger partial charge in [-0.15, -0.1) is 0 Å². The normalized spacial score (nSPS) is 11.1. The molecule has 0 spiro atoms. The summed E-state index contributed by atoms with van der Waals surface area (Å²) in [7, 11) is 0. The molecule has 0 aliphatic rings. The highest BCUT2D eigenvalue weighted by atomic mass is 15.1. The number of rotatable bonds is 3. The molecule has 0 saturated heterocycles. The van der Waals surface area contributed by atoms with Crippen molar-refractivity contribution in [3.63, 3.8) is 0 Å². The minimum absolute atomic E-state index is 0.289. The van der Waals surface area contributed by atoms with Gasteiger partial charge in [0.15, 0.2) is 0 Å². The molecule has 90 valence electrons. The highest BCUT2D eigenvalue weighted by molar-refractivity contribution is 5.55. The van der Waals surface area contributed by atoms with Gasteiger partial charge >= 0.3 is 0 Å². The Hall–Kier alpha value is -1.91. The average molecular weight is 231 g/mol. The fourth-order valence-electron chi connectivity index (χ4n) is 1.90. The smallest absolute Gasteiger partial charge is 0.220 e. The maximum Gasteiger partial charge on any atom is 0.220 e. The van der Waals surface area contributed by atoms with Gasteiger partial charge in [0.1, 0.15) is 5.82 Å². The molecule has 0 amide bonds. The zero-order valence-corrected chi connectivity index (χ0v) is 10.4. The Labute approximate surface area is 101 Å². The van der Waals surface area contributed by atoms with Gasteiger partial charge < -0.3 is 10.3 Å². The minimum atomic E-state index is 0.289. The van der Waals surface area contributed by atoms with Crippen molar-refractivity contribution >= 4 is 5.95 Å². The number of imidazole rings is 1. The third-order valence-electron chi connectivity index (χ3n) is 2.66. The standard InChI is InChI=1S/C12H17N5/c1-4-17-10(7-15-11(17)8(2)3)9-5-6-14-12(13)16-9/h5-8H,4H2,1-3H3,(H2,13,14,16). The molecule has 2 N–H and O–H groups in total. The van der Waals surface area contributed by atoms with Crippen LogP contribution in [0.2, 0.25) is 0 Å². The minimum Gasteiger partial charge on any atom is -0.368 e. The number of nitrogens with two attached hydrogens (primary N) is 1. The van der Waals surface area contributed by atoms with Gasteiger partial charge in [0.25, 0.3) is 0 Å². The number of hydrogen-bond donors (Lipinski definition) is 1. The first-order chi connectivity index (χ1) is 8.13. The highest BCUT2D eigenvalue weighted by Gasteiger charge is 2.13. The molecule has 0 unspecified atom stereocenters. The molecular formula is C12H17N5. The Morgan fingerprint density at radius 3 is 2.71 bits per heavy atom. The maximum absolute atomic E-state index is 5.60. The molecule has 2 heterocycles.